The number of ether oxygens (including phenoxy) is 1. The van der Waals surface area contributed by atoms with Crippen LogP contribution in [-0.2, 0) is 9.53 Å². The zero-order chi connectivity index (χ0) is 20.4. The topological polar surface area (TPSA) is 46.5 Å². The van der Waals surface area contributed by atoms with Gasteiger partial charge in [0, 0.05) is 10.8 Å². The van der Waals surface area contributed by atoms with E-state index >= 15 is 0 Å². The minimum absolute atomic E-state index is 0.0617. The molecule has 2 aromatic carbocycles. The van der Waals surface area contributed by atoms with Crippen molar-refractivity contribution in [3.05, 3.63) is 70.0 Å². The number of rotatable bonds is 3. The molecule has 2 aromatic rings. The molecule has 2 saturated heterocycles. The van der Waals surface area contributed by atoms with Crippen LogP contribution in [0.1, 0.15) is 40.2 Å². The second-order valence-corrected chi connectivity index (χ2v) is 9.52. The molecule has 0 saturated carbocycles. The maximum atomic E-state index is 13.4. The number of aliphatic hydroxyl groups excluding tert-OH is 1. The largest absolute Gasteiger partial charge is 0.511 e. The molecule has 4 heteroatoms. The number of hydrogen-bond acceptors (Lipinski definition) is 4. The summed E-state index contributed by atoms with van der Waals surface area (Å²) in [6.07, 6.45) is 2.70. The Balaban J connectivity index is 1.58. The highest BCUT2D eigenvalue weighted by Gasteiger charge is 2.62. The summed E-state index contributed by atoms with van der Waals surface area (Å²) in [7, 11) is 0. The number of carbonyl (C=O) groups excluding carboxylic acids is 1. The first-order valence-electron chi connectivity index (χ1n) is 10.3. The normalized spacial score (nSPS) is 30.3. The lowest BCUT2D eigenvalue weighted by molar-refractivity contribution is -0.118. The highest BCUT2D eigenvalue weighted by Crippen LogP contribution is 2.58. The van der Waals surface area contributed by atoms with E-state index in [1.54, 1.807) is 11.8 Å². The standard InChI is InChI=1S/C25H26O3S/c1-12-9-13(2)19(14(3)10-12)21-23(26)20-17-11-16(25(28-17)22(20)24(21)27)15-7-5-6-8-18(15)29-4/h5-10,16-17,20,22,25,27H,11H2,1-4H3/t16-,17-,20-,22+,25+/m0/s1. The van der Waals surface area contributed by atoms with Crippen molar-refractivity contribution in [2.45, 2.75) is 50.2 Å². The number of aliphatic hydroxyl groups is 1. The molecule has 0 spiro atoms. The third-order valence-corrected chi connectivity index (χ3v) is 7.75. The predicted octanol–water partition coefficient (Wildman–Crippen LogP) is 5.37. The smallest absolute Gasteiger partial charge is 0.173 e. The molecular weight excluding hydrogens is 380 g/mol. The third kappa shape index (κ3) is 2.65. The van der Waals surface area contributed by atoms with Crippen LogP contribution in [0.4, 0.5) is 0 Å². The molecule has 0 aromatic heterocycles. The van der Waals surface area contributed by atoms with E-state index in [-0.39, 0.29) is 41.5 Å². The monoisotopic (exact) mass is 406 g/mol. The van der Waals surface area contributed by atoms with Gasteiger partial charge in [0.25, 0.3) is 0 Å². The molecule has 29 heavy (non-hydrogen) atoms. The van der Waals surface area contributed by atoms with Crippen molar-refractivity contribution >= 4 is 23.1 Å². The summed E-state index contributed by atoms with van der Waals surface area (Å²) in [6, 6.07) is 12.6. The molecule has 3 nitrogen and oxygen atoms in total. The molecule has 1 aliphatic carbocycles. The Morgan fingerprint density at radius 1 is 1.07 bits per heavy atom. The van der Waals surface area contributed by atoms with E-state index in [0.717, 1.165) is 23.1 Å². The summed E-state index contributed by atoms with van der Waals surface area (Å²) >= 11 is 1.74. The second kappa shape index (κ2) is 6.75. The van der Waals surface area contributed by atoms with Crippen LogP contribution in [0.25, 0.3) is 5.57 Å². The first-order chi connectivity index (χ1) is 13.9. The summed E-state index contributed by atoms with van der Waals surface area (Å²) in [6.45, 7) is 6.12. The number of ketones is 1. The van der Waals surface area contributed by atoms with Gasteiger partial charge in [-0.05, 0) is 61.8 Å². The molecule has 2 fully saturated rings. The number of allylic oxidation sites excluding steroid dienone is 1. The van der Waals surface area contributed by atoms with Gasteiger partial charge in [-0.15, -0.1) is 11.8 Å². The molecule has 3 aliphatic rings. The fourth-order valence-electron chi connectivity index (χ4n) is 5.96. The molecule has 150 valence electrons. The Morgan fingerprint density at radius 3 is 2.45 bits per heavy atom. The van der Waals surface area contributed by atoms with E-state index in [0.29, 0.717) is 5.57 Å². The predicted molar refractivity (Wildman–Crippen MR) is 116 cm³/mol. The number of carbonyl (C=O) groups is 1. The molecule has 2 aliphatic heterocycles. The fraction of sp³-hybridized carbons (Fsp3) is 0.400. The van der Waals surface area contributed by atoms with Crippen molar-refractivity contribution in [3.63, 3.8) is 0 Å². The van der Waals surface area contributed by atoms with Crippen molar-refractivity contribution in [3.8, 4) is 0 Å². The van der Waals surface area contributed by atoms with E-state index in [4.69, 9.17) is 4.74 Å². The molecule has 0 unspecified atom stereocenters. The zero-order valence-corrected chi connectivity index (χ0v) is 18.0. The molecule has 2 bridgehead atoms. The molecule has 5 rings (SSSR count). The van der Waals surface area contributed by atoms with Gasteiger partial charge in [-0.1, -0.05) is 35.9 Å². The lowest BCUT2D eigenvalue weighted by Crippen LogP contribution is -2.33. The Bertz CT molecular complexity index is 1030. The lowest BCUT2D eigenvalue weighted by atomic mass is 9.72. The summed E-state index contributed by atoms with van der Waals surface area (Å²) < 4.78 is 6.29. The van der Waals surface area contributed by atoms with Gasteiger partial charge in [0.15, 0.2) is 5.78 Å². The number of fused-ring (bicyclic) bond motifs is 5. The van der Waals surface area contributed by atoms with E-state index < -0.39 is 0 Å². The number of hydrogen-bond donors (Lipinski definition) is 1. The lowest BCUT2D eigenvalue weighted by Gasteiger charge is -2.28. The first-order valence-corrected chi connectivity index (χ1v) is 11.5. The van der Waals surface area contributed by atoms with Crippen molar-refractivity contribution in [2.24, 2.45) is 11.8 Å². The highest BCUT2D eigenvalue weighted by molar-refractivity contribution is 7.98. The number of aryl methyl sites for hydroxylation is 3. The van der Waals surface area contributed by atoms with E-state index in [2.05, 4.69) is 49.6 Å². The first kappa shape index (κ1) is 19.0. The van der Waals surface area contributed by atoms with E-state index in [9.17, 15) is 9.90 Å². The number of Topliss-reactive ketones (excluding diaryl/α,β-unsaturated/α-hetero) is 1. The average molecular weight is 407 g/mol. The van der Waals surface area contributed by atoms with Crippen LogP contribution < -0.4 is 0 Å². The Labute approximate surface area is 176 Å². The van der Waals surface area contributed by atoms with Crippen molar-refractivity contribution in [1.29, 1.82) is 0 Å². The molecular formula is C25H26O3S. The van der Waals surface area contributed by atoms with Crippen LogP contribution >= 0.6 is 11.8 Å². The summed E-state index contributed by atoms with van der Waals surface area (Å²) in [5.41, 5.74) is 6.00. The Hall–Kier alpha value is -2.04. The minimum atomic E-state index is -0.243. The maximum absolute atomic E-state index is 13.4. The molecule has 2 heterocycles. The minimum Gasteiger partial charge on any atom is -0.511 e. The van der Waals surface area contributed by atoms with Gasteiger partial charge in [-0.3, -0.25) is 4.79 Å². The van der Waals surface area contributed by atoms with Crippen molar-refractivity contribution in [2.75, 3.05) is 6.26 Å². The molecule has 5 atom stereocenters. The number of benzene rings is 2. The van der Waals surface area contributed by atoms with Crippen LogP contribution in [0.3, 0.4) is 0 Å². The highest BCUT2D eigenvalue weighted by atomic mass is 32.2. The van der Waals surface area contributed by atoms with E-state index in [1.807, 2.05) is 13.8 Å². The summed E-state index contributed by atoms with van der Waals surface area (Å²) in [5.74, 6) is 0.0593. The second-order valence-electron chi connectivity index (χ2n) is 8.67. The SMILES string of the molecule is CSc1ccccc1[C@@H]1C[C@@H]2O[C@H]1[C@H]1C(O)=C(c3c(C)cc(C)cc3C)C(=O)[C@H]12. The van der Waals surface area contributed by atoms with E-state index in [1.165, 1.54) is 16.0 Å². The fourth-order valence-corrected chi connectivity index (χ4v) is 6.63. The van der Waals surface area contributed by atoms with Crippen LogP contribution in [0.15, 0.2) is 47.1 Å². The van der Waals surface area contributed by atoms with Gasteiger partial charge in [0.05, 0.1) is 29.6 Å². The molecule has 1 N–H and O–H groups in total. The Kier molecular flexibility index (Phi) is 4.41. The molecule has 0 radical (unpaired) electrons. The van der Waals surface area contributed by atoms with Gasteiger partial charge in [0.1, 0.15) is 5.76 Å². The summed E-state index contributed by atoms with van der Waals surface area (Å²) in [5, 5.41) is 11.3. The van der Waals surface area contributed by atoms with Crippen LogP contribution in [0.5, 0.6) is 0 Å². The van der Waals surface area contributed by atoms with Gasteiger partial charge < -0.3 is 9.84 Å². The van der Waals surface area contributed by atoms with Gasteiger partial charge in [-0.25, -0.2) is 0 Å². The molecule has 0 amide bonds. The van der Waals surface area contributed by atoms with Crippen LogP contribution in [0, 0.1) is 32.6 Å². The Morgan fingerprint density at radius 2 is 1.76 bits per heavy atom. The van der Waals surface area contributed by atoms with Gasteiger partial charge in [-0.2, -0.15) is 0 Å². The number of thioether (sulfide) groups is 1. The average Bonchev–Trinajstić information content (AvgIpc) is 3.34. The maximum Gasteiger partial charge on any atom is 0.173 e. The third-order valence-electron chi connectivity index (χ3n) is 6.94. The van der Waals surface area contributed by atoms with Crippen molar-refractivity contribution < 1.29 is 14.6 Å². The quantitative estimate of drug-likeness (QED) is 0.696. The zero-order valence-electron chi connectivity index (χ0n) is 17.2. The van der Waals surface area contributed by atoms with Crippen molar-refractivity contribution in [1.82, 2.24) is 0 Å². The summed E-state index contributed by atoms with van der Waals surface area (Å²) in [4.78, 5) is 14.7. The van der Waals surface area contributed by atoms with Gasteiger partial charge in [0.2, 0.25) is 0 Å². The van der Waals surface area contributed by atoms with Crippen LogP contribution in [-0.4, -0.2) is 29.4 Å². The van der Waals surface area contributed by atoms with Crippen LogP contribution in [0.2, 0.25) is 0 Å². The van der Waals surface area contributed by atoms with Gasteiger partial charge >= 0.3 is 0 Å².